The molecule has 16 heteroatoms. The maximum Gasteiger partial charge on any atom is 0.238 e. The molecule has 2 aliphatic carbocycles. The Bertz CT molecular complexity index is 2780. The lowest BCUT2D eigenvalue weighted by Crippen LogP contribution is -2.59. The molecule has 16 nitrogen and oxygen atoms in total. The largest absolute Gasteiger partial charge is 0.379 e. The summed E-state index contributed by atoms with van der Waals surface area (Å²) in [6.45, 7) is 9.99. The van der Waals surface area contributed by atoms with Crippen LogP contribution in [0.5, 0.6) is 0 Å². The van der Waals surface area contributed by atoms with Gasteiger partial charge >= 0.3 is 0 Å². The second kappa shape index (κ2) is 19.4. The lowest BCUT2D eigenvalue weighted by molar-refractivity contribution is -0.152. The fourth-order valence-electron chi connectivity index (χ4n) is 13.6. The Kier molecular flexibility index (Phi) is 12.8. The van der Waals surface area contributed by atoms with E-state index in [4.69, 9.17) is 14.7 Å². The predicted molar refractivity (Wildman–Crippen MR) is 279 cm³/mol. The summed E-state index contributed by atoms with van der Waals surface area (Å²) in [6.07, 6.45) is 13.5. The van der Waals surface area contributed by atoms with Gasteiger partial charge in [0, 0.05) is 99.8 Å². The fraction of sp³-hybridized carbons (Fsp3) is 0.596. The Morgan fingerprint density at radius 3 is 2.26 bits per heavy atom. The zero-order valence-corrected chi connectivity index (χ0v) is 42.9. The van der Waals surface area contributed by atoms with Crippen molar-refractivity contribution < 1.29 is 28.7 Å². The summed E-state index contributed by atoms with van der Waals surface area (Å²) in [5.74, 6) is 0.0103. The number of imide groups is 1. The molecular formula is C57H72N10O6. The number of anilines is 3. The zero-order chi connectivity index (χ0) is 50.1. The topological polar surface area (TPSA) is 166 Å². The number of nitrogens with one attached hydrogen (secondary N) is 2. The molecule has 0 bridgehead atoms. The Morgan fingerprint density at radius 1 is 0.808 bits per heavy atom. The van der Waals surface area contributed by atoms with E-state index in [0.717, 1.165) is 115 Å². The molecule has 2 N–H and O–H groups in total. The first-order valence-electron chi connectivity index (χ1n) is 27.6. The number of carbonyl (C=O) groups excluding carboxylic acids is 5. The fourth-order valence-corrected chi connectivity index (χ4v) is 13.6. The van der Waals surface area contributed by atoms with Crippen LogP contribution < -0.4 is 20.4 Å². The van der Waals surface area contributed by atoms with Gasteiger partial charge in [0.05, 0.1) is 40.9 Å². The molecule has 12 rings (SSSR count). The standard InChI is InChI=1S/C57H72N10O6/c1-35(2)66-34-58-47-32-46(60-52(51(47)66)59-39-10-11-39)38-9-15-45-48(29-38)67(42-30-41(31-42)62-22-5-4-6-23-62)56(72)57(45)20-27-64(28-21-57)55(71)44-19-26-65(33-49(44)73-3)54(70)37-17-24-63(25-18-37)40-12-7-36(8-13-40)43-14-16-50(68)61-53(43)69/h7-9,12-13,15,29,32,34-35,37,39,41-44,49H,4-6,10-11,14,16-28,30-31,33H2,1-3H3,(H,59,60)(H,61,68,69)/t41?,42?,43-,44?,49?/m1/s1. The highest BCUT2D eigenvalue weighted by molar-refractivity contribution is 6.09. The van der Waals surface area contributed by atoms with E-state index in [9.17, 15) is 19.2 Å². The molecule has 6 aliphatic heterocycles. The van der Waals surface area contributed by atoms with Gasteiger partial charge in [-0.25, -0.2) is 9.97 Å². The van der Waals surface area contributed by atoms with Crippen molar-refractivity contribution in [3.63, 3.8) is 0 Å². The van der Waals surface area contributed by atoms with E-state index in [0.29, 0.717) is 70.4 Å². The number of nitrogens with zero attached hydrogens (tertiary/aromatic N) is 8. The van der Waals surface area contributed by atoms with Crippen molar-refractivity contribution >= 4 is 57.8 Å². The summed E-state index contributed by atoms with van der Waals surface area (Å²) in [5, 5.41) is 6.16. The van der Waals surface area contributed by atoms with Crippen LogP contribution in [0.3, 0.4) is 0 Å². The summed E-state index contributed by atoms with van der Waals surface area (Å²) in [7, 11) is 1.65. The summed E-state index contributed by atoms with van der Waals surface area (Å²) >= 11 is 0. The maximum absolute atomic E-state index is 15.3. The van der Waals surface area contributed by atoms with Crippen LogP contribution in [0.15, 0.2) is 54.9 Å². The number of aromatic nitrogens is 3. The minimum absolute atomic E-state index is 0.0592. The number of fused-ring (bicyclic) bond motifs is 3. The minimum Gasteiger partial charge on any atom is -0.379 e. The highest BCUT2D eigenvalue weighted by Crippen LogP contribution is 2.52. The van der Waals surface area contributed by atoms with Crippen molar-refractivity contribution in [3.05, 3.63) is 66.0 Å². The van der Waals surface area contributed by atoms with Crippen LogP contribution in [0.1, 0.15) is 127 Å². The Hall–Kier alpha value is -5.87. The second-order valence-corrected chi connectivity index (χ2v) is 22.9. The molecule has 2 aromatic carbocycles. The van der Waals surface area contributed by atoms with Gasteiger partial charge in [0.25, 0.3) is 0 Å². The average molecular weight is 993 g/mol. The molecule has 0 radical (unpaired) electrons. The molecule has 3 atom stereocenters. The first-order valence-corrected chi connectivity index (χ1v) is 27.6. The molecule has 2 unspecified atom stereocenters. The second-order valence-electron chi connectivity index (χ2n) is 22.9. The van der Waals surface area contributed by atoms with Crippen LogP contribution in [-0.4, -0.2) is 142 Å². The van der Waals surface area contributed by atoms with Crippen LogP contribution in [-0.2, 0) is 34.1 Å². The number of hydrogen-bond donors (Lipinski definition) is 2. The molecule has 8 aliphatic rings. The van der Waals surface area contributed by atoms with Gasteiger partial charge in [0.1, 0.15) is 5.52 Å². The SMILES string of the molecule is COC1CN(C(=O)C2CCN(c3ccc([C@H]4CCC(=O)NC4=O)cc3)CC2)CCC1C(=O)N1CCC2(CC1)C(=O)N(C1CC(N3CCCCC3)C1)c1cc(-c3cc4ncn(C(C)C)c4c(NC4CC4)n3)ccc12. The zero-order valence-electron chi connectivity index (χ0n) is 42.9. The lowest BCUT2D eigenvalue weighted by atomic mass is 9.73. The number of rotatable bonds is 11. The molecule has 1 spiro atoms. The number of hydrogen-bond acceptors (Lipinski definition) is 11. The van der Waals surface area contributed by atoms with Crippen LogP contribution in [0.4, 0.5) is 17.2 Å². The predicted octanol–water partition coefficient (Wildman–Crippen LogP) is 6.78. The molecule has 2 saturated carbocycles. The van der Waals surface area contributed by atoms with E-state index in [1.807, 2.05) is 40.4 Å². The van der Waals surface area contributed by atoms with Gasteiger partial charge in [-0.05, 0) is 139 Å². The highest BCUT2D eigenvalue weighted by Gasteiger charge is 2.56. The number of pyridine rings is 1. The third kappa shape index (κ3) is 8.87. The molecule has 386 valence electrons. The summed E-state index contributed by atoms with van der Waals surface area (Å²) < 4.78 is 8.23. The third-order valence-corrected chi connectivity index (χ3v) is 18.2. The van der Waals surface area contributed by atoms with Crippen LogP contribution in [0.2, 0.25) is 0 Å². The van der Waals surface area contributed by atoms with E-state index in [1.54, 1.807) is 7.11 Å². The molecule has 5 amide bonds. The van der Waals surface area contributed by atoms with Crippen molar-refractivity contribution in [1.29, 1.82) is 0 Å². The Labute approximate surface area is 428 Å². The van der Waals surface area contributed by atoms with Crippen molar-refractivity contribution in [2.75, 3.05) is 74.6 Å². The summed E-state index contributed by atoms with van der Waals surface area (Å²) in [4.78, 5) is 89.1. The highest BCUT2D eigenvalue weighted by atomic mass is 16.5. The van der Waals surface area contributed by atoms with Gasteiger partial charge in [-0.15, -0.1) is 0 Å². The normalized spacial score (nSPS) is 26.9. The number of carbonyl (C=O) groups is 5. The monoisotopic (exact) mass is 993 g/mol. The number of likely N-dealkylation sites (tertiary alicyclic amines) is 3. The van der Waals surface area contributed by atoms with Crippen LogP contribution in [0.25, 0.3) is 22.3 Å². The van der Waals surface area contributed by atoms with Crippen LogP contribution in [0, 0.1) is 11.8 Å². The number of benzene rings is 2. The minimum atomic E-state index is -0.710. The van der Waals surface area contributed by atoms with Crippen molar-refractivity contribution in [2.24, 2.45) is 11.8 Å². The van der Waals surface area contributed by atoms with E-state index in [1.165, 1.54) is 19.3 Å². The van der Waals surface area contributed by atoms with E-state index >= 15 is 4.79 Å². The van der Waals surface area contributed by atoms with Crippen molar-refractivity contribution in [2.45, 2.75) is 145 Å². The number of imidazole rings is 1. The Balaban J connectivity index is 0.712. The first kappa shape index (κ1) is 48.1. The van der Waals surface area contributed by atoms with Crippen LogP contribution >= 0.6 is 0 Å². The number of amides is 5. The van der Waals surface area contributed by atoms with Gasteiger partial charge in [0.2, 0.25) is 29.5 Å². The summed E-state index contributed by atoms with van der Waals surface area (Å²) in [5.41, 5.74) is 7.09. The van der Waals surface area contributed by atoms with E-state index < -0.39 is 11.5 Å². The number of ether oxygens (including phenoxy) is 1. The molecule has 8 heterocycles. The van der Waals surface area contributed by atoms with Gasteiger partial charge in [0.15, 0.2) is 5.82 Å². The molecule has 73 heavy (non-hydrogen) atoms. The van der Waals surface area contributed by atoms with E-state index in [2.05, 4.69) is 68.0 Å². The molecule has 7 fully saturated rings. The van der Waals surface area contributed by atoms with Gasteiger partial charge in [-0.1, -0.05) is 30.7 Å². The van der Waals surface area contributed by atoms with Crippen molar-refractivity contribution in [1.82, 2.24) is 34.6 Å². The number of piperidine rings is 5. The smallest absolute Gasteiger partial charge is 0.238 e. The third-order valence-electron chi connectivity index (χ3n) is 18.2. The van der Waals surface area contributed by atoms with Gasteiger partial charge in [-0.3, -0.25) is 29.3 Å². The number of methoxy groups -OCH3 is 1. The Morgan fingerprint density at radius 2 is 1.56 bits per heavy atom. The summed E-state index contributed by atoms with van der Waals surface area (Å²) in [6, 6.07) is 18.0. The maximum atomic E-state index is 15.3. The van der Waals surface area contributed by atoms with Gasteiger partial charge < -0.3 is 39.1 Å². The molecule has 2 aromatic heterocycles. The molecule has 5 saturated heterocycles. The first-order chi connectivity index (χ1) is 35.5. The molecular weight excluding hydrogens is 921 g/mol. The average Bonchev–Trinajstić information content (AvgIpc) is 4.07. The molecule has 4 aromatic rings. The quantitative estimate of drug-likeness (QED) is 0.152. The van der Waals surface area contributed by atoms with Gasteiger partial charge in [-0.2, -0.15) is 0 Å². The lowest BCUT2D eigenvalue weighted by Gasteiger charge is -2.48. The van der Waals surface area contributed by atoms with E-state index in [-0.39, 0.29) is 59.4 Å². The van der Waals surface area contributed by atoms with Crippen molar-refractivity contribution in [3.8, 4) is 11.3 Å².